The molecule has 0 spiro atoms. The molecule has 0 fully saturated rings. The fourth-order valence-electron chi connectivity index (χ4n) is 0.747. The van der Waals surface area contributed by atoms with E-state index in [0.29, 0.717) is 0 Å². The van der Waals surface area contributed by atoms with Gasteiger partial charge in [-0.05, 0) is 10.4 Å². The van der Waals surface area contributed by atoms with Crippen LogP contribution in [0, 0.1) is 0 Å². The van der Waals surface area contributed by atoms with Crippen molar-refractivity contribution in [3.63, 3.8) is 0 Å². The van der Waals surface area contributed by atoms with E-state index in [1.54, 1.807) is 0 Å². The van der Waals surface area contributed by atoms with Gasteiger partial charge in [0, 0.05) is 0 Å². The summed E-state index contributed by atoms with van der Waals surface area (Å²) in [5.74, 6) is 0. The number of aldehydes is 1. The second-order valence-corrected chi connectivity index (χ2v) is 2.92. The van der Waals surface area contributed by atoms with Crippen LogP contribution < -0.4 is 0 Å². The lowest BCUT2D eigenvalue weighted by Crippen LogP contribution is -2.46. The van der Waals surface area contributed by atoms with Crippen LogP contribution in [0.5, 0.6) is 0 Å². The van der Waals surface area contributed by atoms with Crippen molar-refractivity contribution in [3.8, 4) is 0 Å². The number of aliphatic hydroxyl groups excluding tert-OH is 5. The predicted octanol–water partition coefficient (Wildman–Crippen LogP) is -4.18. The lowest BCUT2D eigenvalue weighted by atomic mass is 10.0. The molecule has 1 rings (SSSR count). The molecule has 1 aromatic heterocycles. The van der Waals surface area contributed by atoms with Crippen LogP contribution in [0.25, 0.3) is 0 Å². The van der Waals surface area contributed by atoms with Crippen LogP contribution in [0.15, 0.2) is 6.33 Å². The number of nitrogens with zero attached hydrogens (tertiary/aromatic N) is 3. The predicted molar refractivity (Wildman–Crippen MR) is 51.4 cm³/mol. The van der Waals surface area contributed by atoms with Crippen molar-refractivity contribution >= 4 is 6.29 Å². The minimum absolute atomic E-state index is 0.0258. The third-order valence-corrected chi connectivity index (χ3v) is 1.69. The minimum atomic E-state index is -1.79. The molecule has 0 aliphatic rings. The van der Waals surface area contributed by atoms with Gasteiger partial charge in [-0.15, -0.1) is 5.10 Å². The van der Waals surface area contributed by atoms with E-state index in [4.69, 9.17) is 25.5 Å². The van der Waals surface area contributed by atoms with Gasteiger partial charge in [-0.3, -0.25) is 0 Å². The Bertz CT molecular complexity index is 267. The van der Waals surface area contributed by atoms with Gasteiger partial charge in [0.2, 0.25) is 0 Å². The van der Waals surface area contributed by atoms with Crippen LogP contribution in [-0.2, 0) is 4.79 Å². The first-order chi connectivity index (χ1) is 8.04. The zero-order valence-electron chi connectivity index (χ0n) is 8.66. The van der Waals surface area contributed by atoms with Crippen molar-refractivity contribution in [3.05, 3.63) is 6.33 Å². The number of H-pyrrole nitrogens is 1. The van der Waals surface area contributed by atoms with Gasteiger partial charge in [0.25, 0.3) is 0 Å². The number of tetrazole rings is 1. The Morgan fingerprint density at radius 2 is 1.88 bits per heavy atom. The standard InChI is InChI=1S/C6H12O6.CH2N4/c7-1-3(9)5(11)6(12)4(10)2-8;1-2-4-5-3-1/h1,3-6,8-12H,2H2;1H,(H,2,3,4,5)/t3-,4+,5+,6+;/m0./s1. The van der Waals surface area contributed by atoms with Gasteiger partial charge in [0.05, 0.1) is 6.61 Å². The zero-order valence-corrected chi connectivity index (χ0v) is 8.66. The molecular formula is C7H14N4O6. The molecule has 0 unspecified atom stereocenters. The summed E-state index contributed by atoms with van der Waals surface area (Å²) < 4.78 is 0. The Labute approximate surface area is 95.5 Å². The van der Waals surface area contributed by atoms with Crippen LogP contribution in [0.1, 0.15) is 0 Å². The molecule has 0 radical (unpaired) electrons. The minimum Gasteiger partial charge on any atom is -0.394 e. The molecule has 0 saturated carbocycles. The summed E-state index contributed by atoms with van der Waals surface area (Å²) in [4.78, 5) is 9.90. The molecule has 1 aromatic rings. The molecule has 0 saturated heterocycles. The number of aliphatic hydroxyl groups is 5. The molecule has 0 amide bonds. The van der Waals surface area contributed by atoms with E-state index in [9.17, 15) is 4.79 Å². The van der Waals surface area contributed by atoms with Gasteiger partial charge >= 0.3 is 0 Å². The van der Waals surface area contributed by atoms with Crippen LogP contribution in [0.3, 0.4) is 0 Å². The van der Waals surface area contributed by atoms with Gasteiger partial charge in [-0.25, -0.2) is 5.10 Å². The first-order valence-electron chi connectivity index (χ1n) is 4.50. The lowest BCUT2D eigenvalue weighted by molar-refractivity contribution is -0.136. The van der Waals surface area contributed by atoms with E-state index in [1.807, 2.05) is 0 Å². The highest BCUT2D eigenvalue weighted by Crippen LogP contribution is 2.02. The number of carbonyl (C=O) groups excluding carboxylic acids is 1. The smallest absolute Gasteiger partial charge is 0.151 e. The fourth-order valence-corrected chi connectivity index (χ4v) is 0.747. The number of carbonyl (C=O) groups is 1. The molecule has 0 aliphatic heterocycles. The van der Waals surface area contributed by atoms with Crippen LogP contribution >= 0.6 is 0 Å². The van der Waals surface area contributed by atoms with Gasteiger partial charge in [-0.1, -0.05) is 0 Å². The molecular weight excluding hydrogens is 236 g/mol. The maximum Gasteiger partial charge on any atom is 0.151 e. The monoisotopic (exact) mass is 250 g/mol. The summed E-state index contributed by atoms with van der Waals surface area (Å²) in [5.41, 5.74) is 0. The summed E-state index contributed by atoms with van der Waals surface area (Å²) in [7, 11) is 0. The second-order valence-electron chi connectivity index (χ2n) is 2.92. The van der Waals surface area contributed by atoms with Crippen molar-refractivity contribution in [2.75, 3.05) is 6.61 Å². The van der Waals surface area contributed by atoms with Gasteiger partial charge < -0.3 is 30.3 Å². The summed E-state index contributed by atoms with van der Waals surface area (Å²) >= 11 is 0. The maximum atomic E-state index is 9.90. The third kappa shape index (κ3) is 5.99. The van der Waals surface area contributed by atoms with E-state index in [-0.39, 0.29) is 6.29 Å². The molecule has 98 valence electrons. The topological polar surface area (TPSA) is 173 Å². The van der Waals surface area contributed by atoms with Crippen LogP contribution in [0.2, 0.25) is 0 Å². The van der Waals surface area contributed by atoms with Crippen molar-refractivity contribution in [1.29, 1.82) is 0 Å². The molecule has 10 heteroatoms. The van der Waals surface area contributed by atoms with E-state index >= 15 is 0 Å². The Balaban J connectivity index is 0.000000419. The summed E-state index contributed by atoms with van der Waals surface area (Å²) in [6.07, 6.45) is -5.44. The molecule has 6 N–H and O–H groups in total. The molecule has 10 nitrogen and oxygen atoms in total. The van der Waals surface area contributed by atoms with E-state index in [1.165, 1.54) is 6.33 Å². The van der Waals surface area contributed by atoms with Crippen molar-refractivity contribution in [2.45, 2.75) is 24.4 Å². The maximum absolute atomic E-state index is 9.90. The number of hydrogen-bond acceptors (Lipinski definition) is 9. The van der Waals surface area contributed by atoms with Crippen molar-refractivity contribution in [1.82, 2.24) is 20.6 Å². The Morgan fingerprint density at radius 3 is 2.18 bits per heavy atom. The highest BCUT2D eigenvalue weighted by Gasteiger charge is 2.29. The lowest BCUT2D eigenvalue weighted by Gasteiger charge is -2.22. The van der Waals surface area contributed by atoms with E-state index in [2.05, 4.69) is 20.6 Å². The van der Waals surface area contributed by atoms with Crippen LogP contribution in [0.4, 0.5) is 0 Å². The quantitative estimate of drug-likeness (QED) is 0.283. The highest BCUT2D eigenvalue weighted by molar-refractivity contribution is 5.56. The summed E-state index contributed by atoms with van der Waals surface area (Å²) in [6.45, 7) is -0.760. The van der Waals surface area contributed by atoms with E-state index < -0.39 is 31.0 Å². The average Bonchev–Trinajstić information content (AvgIpc) is 2.93. The van der Waals surface area contributed by atoms with Crippen molar-refractivity contribution in [2.24, 2.45) is 0 Å². The van der Waals surface area contributed by atoms with Crippen LogP contribution in [-0.4, -0.2) is 83.5 Å². The molecule has 0 aliphatic carbocycles. The SMILES string of the molecule is O=C[C@H](O)[C@@H](O)[C@H](O)[C@H](O)CO.c1nnn[nH]1. The van der Waals surface area contributed by atoms with Gasteiger partial charge in [0.15, 0.2) is 6.29 Å². The molecule has 4 atom stereocenters. The fraction of sp³-hybridized carbons (Fsp3) is 0.714. The Hall–Kier alpha value is -1.46. The second kappa shape index (κ2) is 8.66. The van der Waals surface area contributed by atoms with E-state index in [0.717, 1.165) is 0 Å². The molecule has 0 bridgehead atoms. The zero-order chi connectivity index (χ0) is 13.3. The van der Waals surface area contributed by atoms with Gasteiger partial charge in [0.1, 0.15) is 30.7 Å². The molecule has 0 aromatic carbocycles. The number of hydrogen-bond donors (Lipinski definition) is 6. The van der Waals surface area contributed by atoms with Crippen molar-refractivity contribution < 1.29 is 30.3 Å². The summed E-state index contributed by atoms with van der Waals surface area (Å²) in [6, 6.07) is 0. The first-order valence-corrected chi connectivity index (χ1v) is 4.50. The number of nitrogens with one attached hydrogen (secondary N) is 1. The number of aromatic nitrogens is 4. The Morgan fingerprint density at radius 1 is 1.24 bits per heavy atom. The molecule has 1 heterocycles. The van der Waals surface area contributed by atoms with Gasteiger partial charge in [-0.2, -0.15) is 0 Å². The highest BCUT2D eigenvalue weighted by atomic mass is 16.4. The first kappa shape index (κ1) is 15.5. The number of aromatic amines is 1. The summed E-state index contributed by atoms with van der Waals surface area (Å²) in [5, 5.41) is 55.6. The third-order valence-electron chi connectivity index (χ3n) is 1.69. The largest absolute Gasteiger partial charge is 0.394 e. The molecule has 17 heavy (non-hydrogen) atoms. The Kier molecular flexibility index (Phi) is 7.92. The normalized spacial score (nSPS) is 17.2. The average molecular weight is 250 g/mol. The number of rotatable bonds is 5.